The number of hydrogen-bond donors (Lipinski definition) is 1. The van der Waals surface area contributed by atoms with E-state index in [2.05, 4.69) is 22.6 Å². The Kier molecular flexibility index (Phi) is 4.54. The average molecular weight is 358 g/mol. The van der Waals surface area contributed by atoms with Gasteiger partial charge in [-0.2, -0.15) is 0 Å². The number of ether oxygens (including phenoxy) is 1. The smallest absolute Gasteiger partial charge is 0.133 e. The Hall–Kier alpha value is -1.14. The van der Waals surface area contributed by atoms with E-state index < -0.39 is 0 Å². The molecule has 1 N–H and O–H groups in total. The zero-order valence-corrected chi connectivity index (χ0v) is 11.7. The average Bonchev–Trinajstić information content (AvgIpc) is 2.39. The second-order valence-corrected chi connectivity index (χ2v) is 5.00. The largest absolute Gasteiger partial charge is 0.488 e. The first-order chi connectivity index (χ1) is 8.69. The van der Waals surface area contributed by atoms with Crippen LogP contribution < -0.4 is 4.74 Å². The lowest BCUT2D eigenvalue weighted by Crippen LogP contribution is -1.97. The van der Waals surface area contributed by atoms with E-state index in [0.29, 0.717) is 6.61 Å². The van der Waals surface area contributed by atoms with Gasteiger partial charge in [-0.25, -0.2) is 4.39 Å². The van der Waals surface area contributed by atoms with Gasteiger partial charge in [-0.1, -0.05) is 18.2 Å². The van der Waals surface area contributed by atoms with Gasteiger partial charge in [0.05, 0.1) is 10.2 Å². The predicted molar refractivity (Wildman–Crippen MR) is 75.8 cm³/mol. The van der Waals surface area contributed by atoms with Gasteiger partial charge in [0.1, 0.15) is 18.2 Å². The van der Waals surface area contributed by atoms with Crippen molar-refractivity contribution in [3.05, 3.63) is 63.0 Å². The quantitative estimate of drug-likeness (QED) is 0.848. The van der Waals surface area contributed by atoms with E-state index in [1.54, 1.807) is 12.1 Å². The molecule has 4 heteroatoms. The van der Waals surface area contributed by atoms with Crippen LogP contribution in [0.1, 0.15) is 11.1 Å². The van der Waals surface area contributed by atoms with Crippen molar-refractivity contribution in [2.45, 2.75) is 13.2 Å². The number of aliphatic hydroxyl groups is 1. The summed E-state index contributed by atoms with van der Waals surface area (Å²) < 4.78 is 19.3. The van der Waals surface area contributed by atoms with Gasteiger partial charge in [0.25, 0.3) is 0 Å². The second-order valence-electron chi connectivity index (χ2n) is 3.84. The van der Waals surface area contributed by atoms with Gasteiger partial charge >= 0.3 is 0 Å². The molecule has 0 heterocycles. The Morgan fingerprint density at radius 2 is 1.72 bits per heavy atom. The molecule has 94 valence electrons. The number of aliphatic hydroxyl groups excluding tert-OH is 1. The molecule has 2 aromatic carbocycles. The fourth-order valence-electron chi connectivity index (χ4n) is 1.50. The Morgan fingerprint density at radius 3 is 2.33 bits per heavy atom. The van der Waals surface area contributed by atoms with Gasteiger partial charge in [0.2, 0.25) is 0 Å². The van der Waals surface area contributed by atoms with Crippen LogP contribution in [0.25, 0.3) is 0 Å². The number of benzene rings is 2. The van der Waals surface area contributed by atoms with Crippen LogP contribution in [0, 0.1) is 9.39 Å². The van der Waals surface area contributed by atoms with Crippen LogP contribution in [0.4, 0.5) is 4.39 Å². The van der Waals surface area contributed by atoms with Gasteiger partial charge in [0, 0.05) is 0 Å². The lowest BCUT2D eigenvalue weighted by atomic mass is 10.2. The Morgan fingerprint density at radius 1 is 1.06 bits per heavy atom. The zero-order valence-electron chi connectivity index (χ0n) is 9.57. The molecule has 0 saturated carbocycles. The first-order valence-electron chi connectivity index (χ1n) is 5.45. The fraction of sp³-hybridized carbons (Fsp3) is 0.143. The molecule has 0 bridgehead atoms. The van der Waals surface area contributed by atoms with E-state index in [4.69, 9.17) is 9.84 Å². The second kappa shape index (κ2) is 6.15. The van der Waals surface area contributed by atoms with Crippen LogP contribution in [0.3, 0.4) is 0 Å². The zero-order chi connectivity index (χ0) is 13.0. The molecule has 0 saturated heterocycles. The van der Waals surface area contributed by atoms with Crippen LogP contribution in [0.15, 0.2) is 42.5 Å². The van der Waals surface area contributed by atoms with Crippen molar-refractivity contribution in [1.82, 2.24) is 0 Å². The van der Waals surface area contributed by atoms with Crippen molar-refractivity contribution in [2.75, 3.05) is 0 Å². The minimum absolute atomic E-state index is 0.0221. The molecule has 0 aliphatic heterocycles. The van der Waals surface area contributed by atoms with E-state index >= 15 is 0 Å². The van der Waals surface area contributed by atoms with Crippen LogP contribution in [-0.4, -0.2) is 5.11 Å². The topological polar surface area (TPSA) is 29.5 Å². The highest BCUT2D eigenvalue weighted by Gasteiger charge is 2.03. The summed E-state index contributed by atoms with van der Waals surface area (Å²) in [6.07, 6.45) is 0. The molecule has 0 amide bonds. The molecule has 0 atom stereocenters. The highest BCUT2D eigenvalue weighted by Crippen LogP contribution is 2.23. The molecule has 0 radical (unpaired) electrons. The van der Waals surface area contributed by atoms with Crippen LogP contribution in [-0.2, 0) is 13.2 Å². The summed E-state index contributed by atoms with van der Waals surface area (Å²) in [5.74, 6) is 0.512. The third-order valence-corrected chi connectivity index (χ3v) is 3.33. The van der Waals surface area contributed by atoms with Gasteiger partial charge in [-0.3, -0.25) is 0 Å². The highest BCUT2D eigenvalue weighted by molar-refractivity contribution is 14.1. The Labute approximate surface area is 119 Å². The van der Waals surface area contributed by atoms with Crippen molar-refractivity contribution in [3.63, 3.8) is 0 Å². The van der Waals surface area contributed by atoms with Crippen molar-refractivity contribution in [3.8, 4) is 5.75 Å². The number of halogens is 2. The summed E-state index contributed by atoms with van der Waals surface area (Å²) in [6, 6.07) is 11.8. The summed E-state index contributed by atoms with van der Waals surface area (Å²) >= 11 is 2.16. The molecule has 2 aromatic rings. The molecule has 2 nitrogen and oxygen atoms in total. The number of hydrogen-bond acceptors (Lipinski definition) is 2. The Balaban J connectivity index is 2.04. The molecule has 18 heavy (non-hydrogen) atoms. The first kappa shape index (κ1) is 13.3. The van der Waals surface area contributed by atoms with Crippen molar-refractivity contribution < 1.29 is 14.2 Å². The number of rotatable bonds is 4. The summed E-state index contributed by atoms with van der Waals surface area (Å²) in [5.41, 5.74) is 1.77. The fourth-order valence-corrected chi connectivity index (χ4v) is 2.24. The SMILES string of the molecule is OCc1ccc(OCc2ccc(F)cc2)c(I)c1. The van der Waals surface area contributed by atoms with Crippen molar-refractivity contribution in [1.29, 1.82) is 0 Å². The maximum Gasteiger partial charge on any atom is 0.133 e. The van der Waals surface area contributed by atoms with Gasteiger partial charge in [0.15, 0.2) is 0 Å². The van der Waals surface area contributed by atoms with Gasteiger partial charge in [-0.15, -0.1) is 0 Å². The molecule has 0 aliphatic rings. The van der Waals surface area contributed by atoms with E-state index in [9.17, 15) is 4.39 Å². The third-order valence-electron chi connectivity index (χ3n) is 2.49. The van der Waals surface area contributed by atoms with Crippen LogP contribution >= 0.6 is 22.6 Å². The molecule has 0 spiro atoms. The lowest BCUT2D eigenvalue weighted by molar-refractivity contribution is 0.280. The third kappa shape index (κ3) is 3.43. The van der Waals surface area contributed by atoms with E-state index in [-0.39, 0.29) is 12.4 Å². The summed E-state index contributed by atoms with van der Waals surface area (Å²) in [5, 5.41) is 9.01. The maximum absolute atomic E-state index is 12.7. The molecule has 0 aromatic heterocycles. The molecule has 0 aliphatic carbocycles. The minimum Gasteiger partial charge on any atom is -0.488 e. The van der Waals surface area contributed by atoms with Crippen molar-refractivity contribution in [2.24, 2.45) is 0 Å². The van der Waals surface area contributed by atoms with Crippen LogP contribution in [0.5, 0.6) is 5.75 Å². The molecular weight excluding hydrogens is 346 g/mol. The lowest BCUT2D eigenvalue weighted by Gasteiger charge is -2.09. The van der Waals surface area contributed by atoms with Crippen molar-refractivity contribution >= 4 is 22.6 Å². The van der Waals surface area contributed by atoms with Gasteiger partial charge < -0.3 is 9.84 Å². The molecular formula is C14H12FIO2. The van der Waals surface area contributed by atoms with E-state index in [1.807, 2.05) is 18.2 Å². The highest BCUT2D eigenvalue weighted by atomic mass is 127. The molecule has 0 fully saturated rings. The summed E-state index contributed by atoms with van der Waals surface area (Å²) in [7, 11) is 0. The predicted octanol–water partition coefficient (Wildman–Crippen LogP) is 3.50. The summed E-state index contributed by atoms with van der Waals surface area (Å²) in [6.45, 7) is 0.420. The van der Waals surface area contributed by atoms with E-state index in [1.165, 1.54) is 12.1 Å². The molecule has 0 unspecified atom stereocenters. The minimum atomic E-state index is -0.249. The normalized spacial score (nSPS) is 10.4. The Bertz CT molecular complexity index is 526. The van der Waals surface area contributed by atoms with Gasteiger partial charge in [-0.05, 0) is 58.0 Å². The monoisotopic (exact) mass is 358 g/mol. The van der Waals surface area contributed by atoms with E-state index in [0.717, 1.165) is 20.4 Å². The maximum atomic E-state index is 12.7. The molecule has 2 rings (SSSR count). The summed E-state index contributed by atoms with van der Waals surface area (Å²) in [4.78, 5) is 0. The first-order valence-corrected chi connectivity index (χ1v) is 6.53. The standard InChI is InChI=1S/C14H12FIO2/c15-12-4-1-10(2-5-12)9-18-14-6-3-11(8-17)7-13(14)16/h1-7,17H,8-9H2. The van der Waals surface area contributed by atoms with Crippen LogP contribution in [0.2, 0.25) is 0 Å².